The Morgan fingerprint density at radius 1 is 1.54 bits per heavy atom. The summed E-state index contributed by atoms with van der Waals surface area (Å²) < 4.78 is 5.18. The summed E-state index contributed by atoms with van der Waals surface area (Å²) in [6.07, 6.45) is 0. The summed E-state index contributed by atoms with van der Waals surface area (Å²) in [7, 11) is 5.71. The Kier molecular flexibility index (Phi) is 1.76. The van der Waals surface area contributed by atoms with Crippen molar-refractivity contribution >= 4 is 24.9 Å². The SMILES string of the molecule is [B]c1cc(C)cc2c1OCC(=O)N2. The predicted octanol–water partition coefficient (Wildman–Crippen LogP) is 0.120. The summed E-state index contributed by atoms with van der Waals surface area (Å²) in [6, 6.07) is 3.65. The number of ether oxygens (including phenoxy) is 1. The second-order valence-electron chi connectivity index (χ2n) is 3.07. The molecule has 0 atom stereocenters. The molecule has 0 saturated carbocycles. The zero-order chi connectivity index (χ0) is 9.42. The summed E-state index contributed by atoms with van der Waals surface area (Å²) in [4.78, 5) is 11.0. The Labute approximate surface area is 77.5 Å². The Morgan fingerprint density at radius 2 is 2.31 bits per heavy atom. The first-order valence-electron chi connectivity index (χ1n) is 3.99. The van der Waals surface area contributed by atoms with Crippen LogP contribution in [0.25, 0.3) is 0 Å². The molecule has 1 aromatic carbocycles. The monoisotopic (exact) mass is 173 g/mol. The highest BCUT2D eigenvalue weighted by Gasteiger charge is 2.17. The first kappa shape index (κ1) is 8.17. The number of carbonyl (C=O) groups is 1. The van der Waals surface area contributed by atoms with Crippen LogP contribution in [0.1, 0.15) is 5.56 Å². The summed E-state index contributed by atoms with van der Waals surface area (Å²) >= 11 is 0. The van der Waals surface area contributed by atoms with Gasteiger partial charge in [-0.1, -0.05) is 11.5 Å². The molecular weight excluding hydrogens is 165 g/mol. The van der Waals surface area contributed by atoms with E-state index in [0.29, 0.717) is 16.9 Å². The highest BCUT2D eigenvalue weighted by molar-refractivity contribution is 6.35. The van der Waals surface area contributed by atoms with Gasteiger partial charge in [0.05, 0.1) is 5.69 Å². The molecule has 0 saturated heterocycles. The number of fused-ring (bicyclic) bond motifs is 1. The molecule has 0 spiro atoms. The van der Waals surface area contributed by atoms with Crippen molar-refractivity contribution in [2.75, 3.05) is 11.9 Å². The van der Waals surface area contributed by atoms with E-state index >= 15 is 0 Å². The van der Waals surface area contributed by atoms with E-state index in [9.17, 15) is 4.79 Å². The molecule has 4 heteroatoms. The smallest absolute Gasteiger partial charge is 0.262 e. The normalized spacial score (nSPS) is 14.4. The molecule has 0 unspecified atom stereocenters. The number of rotatable bonds is 0. The lowest BCUT2D eigenvalue weighted by Crippen LogP contribution is -2.28. The van der Waals surface area contributed by atoms with Crippen molar-refractivity contribution in [2.24, 2.45) is 0 Å². The molecule has 1 aliphatic heterocycles. The molecule has 13 heavy (non-hydrogen) atoms. The number of benzene rings is 1. The lowest BCUT2D eigenvalue weighted by molar-refractivity contribution is -0.118. The molecule has 64 valence electrons. The first-order valence-corrected chi connectivity index (χ1v) is 3.99. The van der Waals surface area contributed by atoms with Crippen LogP contribution in [-0.4, -0.2) is 20.4 Å². The topological polar surface area (TPSA) is 38.3 Å². The van der Waals surface area contributed by atoms with Gasteiger partial charge in [-0.15, -0.1) is 0 Å². The van der Waals surface area contributed by atoms with Gasteiger partial charge in [-0.3, -0.25) is 4.79 Å². The van der Waals surface area contributed by atoms with Crippen LogP contribution in [0.2, 0.25) is 0 Å². The summed E-state index contributed by atoms with van der Waals surface area (Å²) in [5.41, 5.74) is 2.23. The minimum atomic E-state index is -0.141. The van der Waals surface area contributed by atoms with Crippen molar-refractivity contribution in [3.8, 4) is 5.75 Å². The van der Waals surface area contributed by atoms with Gasteiger partial charge in [-0.25, -0.2) is 0 Å². The molecule has 0 bridgehead atoms. The molecule has 0 fully saturated rings. The second-order valence-corrected chi connectivity index (χ2v) is 3.07. The van der Waals surface area contributed by atoms with E-state index in [4.69, 9.17) is 12.6 Å². The number of amides is 1. The van der Waals surface area contributed by atoms with Gasteiger partial charge in [0.25, 0.3) is 5.91 Å². The van der Waals surface area contributed by atoms with Crippen LogP contribution in [0, 0.1) is 6.92 Å². The highest BCUT2D eigenvalue weighted by Crippen LogP contribution is 2.25. The lowest BCUT2D eigenvalue weighted by Gasteiger charge is -2.20. The average Bonchev–Trinajstić information content (AvgIpc) is 2.02. The van der Waals surface area contributed by atoms with Crippen LogP contribution in [0.5, 0.6) is 5.75 Å². The Bertz CT molecular complexity index is 376. The van der Waals surface area contributed by atoms with Crippen LogP contribution in [0.15, 0.2) is 12.1 Å². The molecule has 1 heterocycles. The molecular formula is C9H8BNO2. The molecule has 1 N–H and O–H groups in total. The fourth-order valence-electron chi connectivity index (χ4n) is 1.38. The minimum Gasteiger partial charge on any atom is -0.482 e. The van der Waals surface area contributed by atoms with E-state index in [2.05, 4.69) is 5.32 Å². The van der Waals surface area contributed by atoms with Crippen LogP contribution in [-0.2, 0) is 4.79 Å². The molecule has 0 aliphatic carbocycles. The van der Waals surface area contributed by atoms with Crippen molar-refractivity contribution in [2.45, 2.75) is 6.92 Å². The van der Waals surface area contributed by atoms with E-state index in [1.54, 1.807) is 0 Å². The standard InChI is InChI=1S/C9H8BNO2/c1-5-2-6(10)9-7(3-5)11-8(12)4-13-9/h2-3H,4H2,1H3,(H,11,12). The summed E-state index contributed by atoms with van der Waals surface area (Å²) in [5, 5.41) is 2.70. The maximum absolute atomic E-state index is 11.0. The zero-order valence-corrected chi connectivity index (χ0v) is 7.26. The van der Waals surface area contributed by atoms with Crippen molar-refractivity contribution in [3.05, 3.63) is 17.7 Å². The quantitative estimate of drug-likeness (QED) is 0.565. The minimum absolute atomic E-state index is 0.0419. The molecule has 1 aliphatic rings. The van der Waals surface area contributed by atoms with Crippen molar-refractivity contribution in [1.82, 2.24) is 0 Å². The number of nitrogens with one attached hydrogen (secondary N) is 1. The number of aryl methyl sites for hydroxylation is 1. The Balaban J connectivity index is 2.53. The van der Waals surface area contributed by atoms with Gasteiger partial charge in [0.15, 0.2) is 6.61 Å². The second kappa shape index (κ2) is 2.80. The highest BCUT2D eigenvalue weighted by atomic mass is 16.5. The van der Waals surface area contributed by atoms with E-state index in [1.807, 2.05) is 19.1 Å². The van der Waals surface area contributed by atoms with Gasteiger partial charge < -0.3 is 10.1 Å². The lowest BCUT2D eigenvalue weighted by atomic mass is 9.92. The van der Waals surface area contributed by atoms with Gasteiger partial charge in [-0.2, -0.15) is 0 Å². The maximum atomic E-state index is 11.0. The van der Waals surface area contributed by atoms with Crippen LogP contribution >= 0.6 is 0 Å². The number of anilines is 1. The van der Waals surface area contributed by atoms with Gasteiger partial charge >= 0.3 is 0 Å². The van der Waals surface area contributed by atoms with Crippen molar-refractivity contribution < 1.29 is 9.53 Å². The van der Waals surface area contributed by atoms with Crippen LogP contribution in [0.4, 0.5) is 5.69 Å². The van der Waals surface area contributed by atoms with Crippen molar-refractivity contribution in [1.29, 1.82) is 0 Å². The number of hydrogen-bond donors (Lipinski definition) is 1. The number of carbonyl (C=O) groups excluding carboxylic acids is 1. The maximum Gasteiger partial charge on any atom is 0.262 e. The largest absolute Gasteiger partial charge is 0.482 e. The summed E-state index contributed by atoms with van der Waals surface area (Å²) in [6.45, 7) is 1.96. The third-order valence-electron chi connectivity index (χ3n) is 1.88. The molecule has 2 radical (unpaired) electrons. The molecule has 1 aromatic rings. The first-order chi connectivity index (χ1) is 6.16. The van der Waals surface area contributed by atoms with Gasteiger partial charge in [-0.05, 0) is 18.6 Å². The Morgan fingerprint density at radius 3 is 3.08 bits per heavy atom. The fourth-order valence-corrected chi connectivity index (χ4v) is 1.38. The van der Waals surface area contributed by atoms with E-state index < -0.39 is 0 Å². The van der Waals surface area contributed by atoms with Gasteiger partial charge in [0.2, 0.25) is 0 Å². The third-order valence-corrected chi connectivity index (χ3v) is 1.88. The van der Waals surface area contributed by atoms with E-state index in [0.717, 1.165) is 5.56 Å². The third kappa shape index (κ3) is 1.39. The van der Waals surface area contributed by atoms with E-state index in [-0.39, 0.29) is 12.5 Å². The van der Waals surface area contributed by atoms with Crippen LogP contribution < -0.4 is 15.5 Å². The molecule has 2 rings (SSSR count). The van der Waals surface area contributed by atoms with E-state index in [1.165, 1.54) is 0 Å². The Hall–Kier alpha value is -1.45. The summed E-state index contributed by atoms with van der Waals surface area (Å²) in [5.74, 6) is 0.433. The zero-order valence-electron chi connectivity index (χ0n) is 7.26. The van der Waals surface area contributed by atoms with Gasteiger partial charge in [0.1, 0.15) is 13.6 Å². The van der Waals surface area contributed by atoms with Gasteiger partial charge in [0, 0.05) is 0 Å². The molecule has 0 aromatic heterocycles. The molecule has 3 nitrogen and oxygen atoms in total. The van der Waals surface area contributed by atoms with Crippen molar-refractivity contribution in [3.63, 3.8) is 0 Å². The average molecular weight is 173 g/mol. The van der Waals surface area contributed by atoms with Crippen LogP contribution in [0.3, 0.4) is 0 Å². The predicted molar refractivity (Wildman–Crippen MR) is 50.7 cm³/mol. The fraction of sp³-hybridized carbons (Fsp3) is 0.222. The number of hydrogen-bond acceptors (Lipinski definition) is 2. The molecule has 1 amide bonds.